The van der Waals surface area contributed by atoms with Crippen molar-refractivity contribution in [3.05, 3.63) is 35.4 Å². The quantitative estimate of drug-likeness (QED) is 0.784. The van der Waals surface area contributed by atoms with Crippen LogP contribution in [0.15, 0.2) is 24.3 Å². The number of hydrogen-bond acceptors (Lipinski definition) is 2. The van der Waals surface area contributed by atoms with Crippen molar-refractivity contribution >= 4 is 0 Å². The first kappa shape index (κ1) is 11.6. The summed E-state index contributed by atoms with van der Waals surface area (Å²) in [7, 11) is 0. The Labute approximate surface area is 98.0 Å². The second kappa shape index (κ2) is 4.19. The fourth-order valence-electron chi connectivity index (χ4n) is 1.96. The van der Waals surface area contributed by atoms with Crippen LogP contribution in [0.25, 0.3) is 0 Å². The molecule has 1 fully saturated rings. The van der Waals surface area contributed by atoms with Gasteiger partial charge >= 0.3 is 0 Å². The molecule has 1 heterocycles. The van der Waals surface area contributed by atoms with Crippen molar-refractivity contribution in [3.8, 4) is 0 Å². The Morgan fingerprint density at radius 1 is 1.19 bits per heavy atom. The lowest BCUT2D eigenvalue weighted by Gasteiger charge is -2.26. The van der Waals surface area contributed by atoms with Crippen LogP contribution >= 0.6 is 0 Å². The van der Waals surface area contributed by atoms with E-state index in [9.17, 15) is 0 Å². The molecule has 0 radical (unpaired) electrons. The van der Waals surface area contributed by atoms with Crippen molar-refractivity contribution in [1.29, 1.82) is 0 Å². The molecule has 88 valence electrons. The highest BCUT2D eigenvalue weighted by molar-refractivity contribution is 5.24. The molecule has 0 aromatic heterocycles. The molecule has 1 saturated heterocycles. The number of rotatable bonds is 1. The first-order valence-electron chi connectivity index (χ1n) is 5.91. The van der Waals surface area contributed by atoms with Crippen molar-refractivity contribution in [2.75, 3.05) is 6.61 Å². The normalized spacial score (nSPS) is 26.0. The van der Waals surface area contributed by atoms with Crippen LogP contribution in [0.1, 0.15) is 37.9 Å². The van der Waals surface area contributed by atoms with Crippen LogP contribution in [0.3, 0.4) is 0 Å². The minimum atomic E-state index is 0.152. The van der Waals surface area contributed by atoms with E-state index in [4.69, 9.17) is 4.74 Å². The molecule has 1 aromatic rings. The number of aryl methyl sites for hydroxylation is 1. The van der Waals surface area contributed by atoms with Gasteiger partial charge in [0.25, 0.3) is 0 Å². The van der Waals surface area contributed by atoms with E-state index in [1.54, 1.807) is 0 Å². The summed E-state index contributed by atoms with van der Waals surface area (Å²) in [5.74, 6) is 0. The summed E-state index contributed by atoms with van der Waals surface area (Å²) >= 11 is 0. The third kappa shape index (κ3) is 2.45. The van der Waals surface area contributed by atoms with E-state index in [1.807, 2.05) is 0 Å². The summed E-state index contributed by atoms with van der Waals surface area (Å²) in [5, 5.41) is 3.54. The highest BCUT2D eigenvalue weighted by Crippen LogP contribution is 2.29. The first-order chi connectivity index (χ1) is 7.47. The summed E-state index contributed by atoms with van der Waals surface area (Å²) in [6.45, 7) is 9.47. The van der Waals surface area contributed by atoms with Crippen LogP contribution in [-0.4, -0.2) is 12.8 Å². The van der Waals surface area contributed by atoms with Crippen LogP contribution < -0.4 is 5.32 Å². The Morgan fingerprint density at radius 2 is 1.81 bits per heavy atom. The molecule has 1 aliphatic rings. The van der Waals surface area contributed by atoms with Crippen molar-refractivity contribution in [2.24, 2.45) is 5.41 Å². The highest BCUT2D eigenvalue weighted by atomic mass is 16.5. The van der Waals surface area contributed by atoms with E-state index >= 15 is 0 Å². The topological polar surface area (TPSA) is 21.3 Å². The SMILES string of the molecule is Cc1ccc([C@H]2COC(C(C)(C)C)N2)cc1. The van der Waals surface area contributed by atoms with E-state index in [1.165, 1.54) is 11.1 Å². The van der Waals surface area contributed by atoms with E-state index < -0.39 is 0 Å². The molecule has 0 saturated carbocycles. The summed E-state index contributed by atoms with van der Waals surface area (Å²) in [5.41, 5.74) is 2.77. The molecule has 2 nitrogen and oxygen atoms in total. The Kier molecular flexibility index (Phi) is 3.04. The minimum Gasteiger partial charge on any atom is -0.361 e. The van der Waals surface area contributed by atoms with Gasteiger partial charge in [0.1, 0.15) is 6.23 Å². The van der Waals surface area contributed by atoms with E-state index in [0.717, 1.165) is 6.61 Å². The molecule has 2 rings (SSSR count). The lowest BCUT2D eigenvalue weighted by molar-refractivity contribution is 0.0173. The molecular weight excluding hydrogens is 198 g/mol. The van der Waals surface area contributed by atoms with Crippen LogP contribution in [0.2, 0.25) is 0 Å². The molecule has 0 aliphatic carbocycles. The van der Waals surface area contributed by atoms with Crippen molar-refractivity contribution in [1.82, 2.24) is 5.32 Å². The fraction of sp³-hybridized carbons (Fsp3) is 0.571. The van der Waals surface area contributed by atoms with Gasteiger partial charge in [0.2, 0.25) is 0 Å². The van der Waals surface area contributed by atoms with Crippen LogP contribution in [-0.2, 0) is 4.74 Å². The summed E-state index contributed by atoms with van der Waals surface area (Å²) in [6, 6.07) is 9.01. The van der Waals surface area contributed by atoms with Crippen LogP contribution in [0.4, 0.5) is 0 Å². The lowest BCUT2D eigenvalue weighted by atomic mass is 9.94. The Bertz CT molecular complexity index is 350. The molecular formula is C14H21NO. The average Bonchev–Trinajstić information content (AvgIpc) is 2.67. The zero-order valence-electron chi connectivity index (χ0n) is 10.6. The van der Waals surface area contributed by atoms with Gasteiger partial charge in [0, 0.05) is 5.41 Å². The number of ether oxygens (including phenoxy) is 1. The molecule has 1 N–H and O–H groups in total. The number of benzene rings is 1. The maximum Gasteiger partial charge on any atom is 0.113 e. The monoisotopic (exact) mass is 219 g/mol. The molecule has 2 heteroatoms. The second-order valence-electron chi connectivity index (χ2n) is 5.71. The summed E-state index contributed by atoms with van der Waals surface area (Å²) < 4.78 is 5.80. The maximum atomic E-state index is 5.80. The predicted octanol–water partition coefficient (Wildman–Crippen LogP) is 3.03. The van der Waals surface area contributed by atoms with Gasteiger partial charge in [-0.15, -0.1) is 0 Å². The van der Waals surface area contributed by atoms with Crippen LogP contribution in [0, 0.1) is 12.3 Å². The molecule has 1 aliphatic heterocycles. The zero-order chi connectivity index (χ0) is 11.8. The molecule has 1 aromatic carbocycles. The Balaban J connectivity index is 2.06. The van der Waals surface area contributed by atoms with Crippen molar-refractivity contribution < 1.29 is 4.74 Å². The van der Waals surface area contributed by atoms with Gasteiger partial charge in [-0.1, -0.05) is 50.6 Å². The van der Waals surface area contributed by atoms with Crippen LogP contribution in [0.5, 0.6) is 0 Å². The average molecular weight is 219 g/mol. The number of hydrogen-bond donors (Lipinski definition) is 1. The molecule has 0 spiro atoms. The fourth-order valence-corrected chi connectivity index (χ4v) is 1.96. The van der Waals surface area contributed by atoms with E-state index in [0.29, 0.717) is 6.04 Å². The molecule has 16 heavy (non-hydrogen) atoms. The molecule has 2 atom stereocenters. The van der Waals surface area contributed by atoms with Gasteiger partial charge in [0.05, 0.1) is 12.6 Å². The van der Waals surface area contributed by atoms with Crippen molar-refractivity contribution in [2.45, 2.75) is 40.0 Å². The third-order valence-electron chi connectivity index (χ3n) is 3.05. The first-order valence-corrected chi connectivity index (χ1v) is 5.91. The Hall–Kier alpha value is -0.860. The van der Waals surface area contributed by atoms with Gasteiger partial charge in [-0.25, -0.2) is 0 Å². The Morgan fingerprint density at radius 3 is 2.31 bits per heavy atom. The molecule has 0 amide bonds. The van der Waals surface area contributed by atoms with E-state index in [-0.39, 0.29) is 11.6 Å². The van der Waals surface area contributed by atoms with Gasteiger partial charge in [-0.2, -0.15) is 0 Å². The standard InChI is InChI=1S/C14H21NO/c1-10-5-7-11(8-6-10)12-9-16-13(15-12)14(2,3)4/h5-8,12-13,15H,9H2,1-4H3/t12-,13?/m1/s1. The predicted molar refractivity (Wildman–Crippen MR) is 66.3 cm³/mol. The van der Waals surface area contributed by atoms with E-state index in [2.05, 4.69) is 57.3 Å². The summed E-state index contributed by atoms with van der Waals surface area (Å²) in [4.78, 5) is 0. The van der Waals surface area contributed by atoms with Crippen molar-refractivity contribution in [3.63, 3.8) is 0 Å². The smallest absolute Gasteiger partial charge is 0.113 e. The summed E-state index contributed by atoms with van der Waals surface area (Å²) in [6.07, 6.45) is 0.152. The second-order valence-corrected chi connectivity index (χ2v) is 5.71. The molecule has 0 bridgehead atoms. The van der Waals surface area contributed by atoms with Gasteiger partial charge < -0.3 is 4.74 Å². The number of nitrogens with one attached hydrogen (secondary N) is 1. The maximum absolute atomic E-state index is 5.80. The lowest BCUT2D eigenvalue weighted by Crippen LogP contribution is -2.37. The zero-order valence-corrected chi connectivity index (χ0v) is 10.6. The van der Waals surface area contributed by atoms with Gasteiger partial charge in [-0.3, -0.25) is 5.32 Å². The van der Waals surface area contributed by atoms with Gasteiger partial charge in [-0.05, 0) is 12.5 Å². The largest absolute Gasteiger partial charge is 0.361 e. The highest BCUT2D eigenvalue weighted by Gasteiger charge is 2.33. The van der Waals surface area contributed by atoms with Gasteiger partial charge in [0.15, 0.2) is 0 Å². The third-order valence-corrected chi connectivity index (χ3v) is 3.05. The molecule has 1 unspecified atom stereocenters. The minimum absolute atomic E-state index is 0.152.